The van der Waals surface area contributed by atoms with Gasteiger partial charge in [-0.1, -0.05) is 23.7 Å². The third kappa shape index (κ3) is 6.72. The van der Waals surface area contributed by atoms with Gasteiger partial charge in [0.05, 0.1) is 22.2 Å². The fraction of sp³-hybridized carbons (Fsp3) is 0.412. The highest BCUT2D eigenvalue weighted by Gasteiger charge is 2.39. The molecule has 3 aromatic carbocycles. The Morgan fingerprint density at radius 1 is 0.889 bits per heavy atom. The first-order valence-electron chi connectivity index (χ1n) is 15.2. The number of carbonyl (C=O) groups is 2. The molecule has 5 nitrogen and oxygen atoms in total. The van der Waals surface area contributed by atoms with Gasteiger partial charge in [0.1, 0.15) is 0 Å². The molecular weight excluding hydrogens is 613 g/mol. The predicted molar refractivity (Wildman–Crippen MR) is 160 cm³/mol. The number of hydrogen-bond acceptors (Lipinski definition) is 3. The van der Waals surface area contributed by atoms with Crippen LogP contribution in [0.2, 0.25) is 5.02 Å². The Morgan fingerprint density at radius 2 is 1.60 bits per heavy atom. The van der Waals surface area contributed by atoms with Gasteiger partial charge in [-0.15, -0.1) is 0 Å². The van der Waals surface area contributed by atoms with Crippen LogP contribution in [-0.4, -0.2) is 47.8 Å². The number of fused-ring (bicyclic) bond motifs is 1. The van der Waals surface area contributed by atoms with Crippen molar-refractivity contribution in [3.05, 3.63) is 105 Å². The van der Waals surface area contributed by atoms with E-state index in [9.17, 15) is 31.5 Å². The third-order valence-corrected chi connectivity index (χ3v) is 10.1. The smallest absolute Gasteiger partial charge is 0.345 e. The van der Waals surface area contributed by atoms with Crippen molar-refractivity contribution in [2.24, 2.45) is 5.41 Å². The largest absolute Gasteiger partial charge is 0.416 e. The molecule has 0 aromatic heterocycles. The van der Waals surface area contributed by atoms with Crippen molar-refractivity contribution in [1.29, 1.82) is 0 Å². The molecule has 2 fully saturated rings. The number of benzene rings is 3. The van der Waals surface area contributed by atoms with E-state index in [1.807, 2.05) is 11.0 Å². The van der Waals surface area contributed by atoms with Crippen LogP contribution in [-0.2, 0) is 19.1 Å². The second-order valence-electron chi connectivity index (χ2n) is 12.5. The lowest BCUT2D eigenvalue weighted by molar-refractivity contribution is -0.137. The molecule has 11 heteroatoms. The highest BCUT2D eigenvalue weighted by atomic mass is 35.5. The summed E-state index contributed by atoms with van der Waals surface area (Å²) in [5.74, 6) is -2.45. The summed E-state index contributed by atoms with van der Waals surface area (Å²) in [6.45, 7) is 3.55. The van der Waals surface area contributed by atoms with E-state index < -0.39 is 35.3 Å². The Bertz CT molecular complexity index is 1610. The van der Waals surface area contributed by atoms with Crippen LogP contribution < -0.4 is 5.32 Å². The number of piperidine rings is 2. The molecule has 2 amide bonds. The third-order valence-electron chi connectivity index (χ3n) is 9.73. The molecule has 1 N–H and O–H groups in total. The standard InChI is InChI=1S/C34H33ClF5N3O2/c35-27-6-5-24(34(38,39)40)19-26(27)31(44)41-30-8-4-22-2-3-23(18-25(22)30)32(45)43-15-11-33(12-16-43)9-13-42(14-10-33)20-21-1-7-28(36)29(37)17-21/h1-3,5-7,17-19,30H,4,8-16,20H2,(H,41,44). The van der Waals surface area contributed by atoms with E-state index in [4.69, 9.17) is 11.6 Å². The number of nitrogens with zero attached hydrogens (tertiary/aromatic N) is 2. The number of carbonyl (C=O) groups excluding carboxylic acids is 2. The summed E-state index contributed by atoms with van der Waals surface area (Å²) in [5, 5.41) is 2.75. The van der Waals surface area contributed by atoms with Gasteiger partial charge in [-0.3, -0.25) is 14.5 Å². The normalized spacial score (nSPS) is 19.9. The Hall–Kier alpha value is -3.50. The molecule has 3 aliphatic rings. The lowest BCUT2D eigenvalue weighted by atomic mass is 9.71. The van der Waals surface area contributed by atoms with Crippen molar-refractivity contribution in [2.45, 2.75) is 57.3 Å². The van der Waals surface area contributed by atoms with Gasteiger partial charge in [0.2, 0.25) is 0 Å². The van der Waals surface area contributed by atoms with Crippen molar-refractivity contribution < 1.29 is 31.5 Å². The Morgan fingerprint density at radius 3 is 2.29 bits per heavy atom. The van der Waals surface area contributed by atoms with Crippen molar-refractivity contribution in [1.82, 2.24) is 15.1 Å². The lowest BCUT2D eigenvalue weighted by Crippen LogP contribution is -2.48. The monoisotopic (exact) mass is 645 g/mol. The van der Waals surface area contributed by atoms with Gasteiger partial charge < -0.3 is 10.2 Å². The molecule has 238 valence electrons. The van der Waals surface area contributed by atoms with E-state index in [1.165, 1.54) is 6.07 Å². The lowest BCUT2D eigenvalue weighted by Gasteiger charge is -2.47. The van der Waals surface area contributed by atoms with Crippen LogP contribution in [0.15, 0.2) is 54.6 Å². The SMILES string of the molecule is O=C(NC1CCc2ccc(C(=O)N3CCC4(CCN(Cc5ccc(F)c(F)c5)CC4)CC3)cc21)c1cc(C(F)(F)F)ccc1Cl. The summed E-state index contributed by atoms with van der Waals surface area (Å²) in [5.41, 5.74) is 2.00. The maximum absolute atomic E-state index is 13.6. The van der Waals surface area contributed by atoms with Crippen LogP contribution >= 0.6 is 11.6 Å². The molecule has 1 spiro atoms. The molecule has 2 aliphatic heterocycles. The van der Waals surface area contributed by atoms with E-state index in [1.54, 1.807) is 18.2 Å². The van der Waals surface area contributed by atoms with Gasteiger partial charge in [-0.25, -0.2) is 8.78 Å². The van der Waals surface area contributed by atoms with Gasteiger partial charge >= 0.3 is 6.18 Å². The summed E-state index contributed by atoms with van der Waals surface area (Å²) in [7, 11) is 0. The number of amides is 2. The number of alkyl halides is 3. The minimum Gasteiger partial charge on any atom is -0.345 e. The molecule has 6 rings (SSSR count). The van der Waals surface area contributed by atoms with Crippen LogP contribution in [0.1, 0.15) is 81.1 Å². The molecular formula is C34H33ClF5N3O2. The van der Waals surface area contributed by atoms with Gasteiger partial charge in [-0.2, -0.15) is 13.2 Å². The maximum atomic E-state index is 13.6. The first-order chi connectivity index (χ1) is 21.4. The Kier molecular flexibility index (Phi) is 8.65. The van der Waals surface area contributed by atoms with Gasteiger partial charge in [0, 0.05) is 25.2 Å². The van der Waals surface area contributed by atoms with E-state index in [0.29, 0.717) is 38.0 Å². The van der Waals surface area contributed by atoms with E-state index in [-0.39, 0.29) is 21.9 Å². The van der Waals surface area contributed by atoms with E-state index >= 15 is 0 Å². The predicted octanol–water partition coefficient (Wildman–Crippen LogP) is 7.57. The second kappa shape index (κ2) is 12.4. The molecule has 3 aromatic rings. The Labute approximate surface area is 263 Å². The number of rotatable bonds is 5. The minimum absolute atomic E-state index is 0.0699. The van der Waals surface area contributed by atoms with Crippen molar-refractivity contribution >= 4 is 23.4 Å². The van der Waals surface area contributed by atoms with Crippen LogP contribution in [0.5, 0.6) is 0 Å². The van der Waals surface area contributed by atoms with Gasteiger partial charge in [0.25, 0.3) is 11.8 Å². The number of nitrogens with one attached hydrogen (secondary N) is 1. The Balaban J connectivity index is 1.06. The first kappa shape index (κ1) is 31.5. The quantitative estimate of drug-likeness (QED) is 0.291. The fourth-order valence-electron chi connectivity index (χ4n) is 6.95. The fourth-order valence-corrected chi connectivity index (χ4v) is 7.15. The molecule has 0 saturated carbocycles. The topological polar surface area (TPSA) is 52.7 Å². The molecule has 1 aliphatic carbocycles. The van der Waals surface area contributed by atoms with Crippen LogP contribution in [0.25, 0.3) is 0 Å². The molecule has 2 saturated heterocycles. The minimum atomic E-state index is -4.60. The summed E-state index contributed by atoms with van der Waals surface area (Å²) in [4.78, 5) is 30.7. The summed E-state index contributed by atoms with van der Waals surface area (Å²) in [6.07, 6.45) is 0.369. The zero-order valence-electron chi connectivity index (χ0n) is 24.5. The molecule has 1 atom stereocenters. The molecule has 45 heavy (non-hydrogen) atoms. The van der Waals surface area contributed by atoms with E-state index in [0.717, 1.165) is 79.7 Å². The molecule has 2 heterocycles. The van der Waals surface area contributed by atoms with Crippen molar-refractivity contribution in [2.75, 3.05) is 26.2 Å². The summed E-state index contributed by atoms with van der Waals surface area (Å²) < 4.78 is 66.6. The zero-order valence-corrected chi connectivity index (χ0v) is 25.3. The number of likely N-dealkylation sites (tertiary alicyclic amines) is 2. The summed E-state index contributed by atoms with van der Waals surface area (Å²) >= 11 is 6.08. The van der Waals surface area contributed by atoms with Gasteiger partial charge in [0.15, 0.2) is 11.6 Å². The molecule has 0 radical (unpaired) electrons. The second-order valence-corrected chi connectivity index (χ2v) is 12.9. The van der Waals surface area contributed by atoms with Crippen molar-refractivity contribution in [3.8, 4) is 0 Å². The zero-order chi connectivity index (χ0) is 31.9. The van der Waals surface area contributed by atoms with Crippen LogP contribution in [0.4, 0.5) is 22.0 Å². The maximum Gasteiger partial charge on any atom is 0.416 e. The van der Waals surface area contributed by atoms with E-state index in [2.05, 4.69) is 10.2 Å². The van der Waals surface area contributed by atoms with Crippen LogP contribution in [0.3, 0.4) is 0 Å². The molecule has 1 unspecified atom stereocenters. The van der Waals surface area contributed by atoms with Crippen molar-refractivity contribution in [3.63, 3.8) is 0 Å². The highest BCUT2D eigenvalue weighted by molar-refractivity contribution is 6.33. The number of aryl methyl sites for hydroxylation is 1. The average molecular weight is 646 g/mol. The molecule has 0 bridgehead atoms. The summed E-state index contributed by atoms with van der Waals surface area (Å²) in [6, 6.07) is 11.7. The highest BCUT2D eigenvalue weighted by Crippen LogP contribution is 2.42. The van der Waals surface area contributed by atoms with Crippen LogP contribution in [0, 0.1) is 17.0 Å². The number of halogens is 6. The first-order valence-corrected chi connectivity index (χ1v) is 15.5. The average Bonchev–Trinajstić information content (AvgIpc) is 3.41. The number of hydrogen-bond donors (Lipinski definition) is 1. The van der Waals surface area contributed by atoms with Gasteiger partial charge in [-0.05, 0) is 116 Å².